The van der Waals surface area contributed by atoms with Crippen molar-refractivity contribution in [2.45, 2.75) is 22.4 Å². The molecule has 224 valence electrons. The van der Waals surface area contributed by atoms with E-state index in [4.69, 9.17) is 5.73 Å². The average molecular weight is 646 g/mol. The Balaban J connectivity index is 1.33. The van der Waals surface area contributed by atoms with Gasteiger partial charge < -0.3 is 36.6 Å². The van der Waals surface area contributed by atoms with Crippen LogP contribution >= 0.6 is 34.9 Å². The predicted octanol–water partition coefficient (Wildman–Crippen LogP) is -1.68. The van der Waals surface area contributed by atoms with Gasteiger partial charge in [-0.3, -0.25) is 24.1 Å². The molecule has 2 aliphatic rings. The molecule has 18 heteroatoms. The minimum Gasteiger partial charge on any atom is -0.543 e. The minimum atomic E-state index is -1.52. The number of nitrogen functional groups attached to an aromatic ring is 1. The molecule has 1 fully saturated rings. The Labute approximate surface area is 255 Å². The number of aliphatic carboxylic acids is 1. The smallest absolute Gasteiger partial charge is 0.272 e. The van der Waals surface area contributed by atoms with E-state index >= 15 is 0 Å². The van der Waals surface area contributed by atoms with Gasteiger partial charge in [0, 0.05) is 29.0 Å². The lowest BCUT2D eigenvalue weighted by Gasteiger charge is -2.51. The Bertz CT molecular complexity index is 1740. The molecule has 3 aromatic heterocycles. The predicted molar refractivity (Wildman–Crippen MR) is 152 cm³/mol. The lowest BCUT2D eigenvalue weighted by Crippen LogP contribution is -2.71. The van der Waals surface area contributed by atoms with Gasteiger partial charge in [-0.05, 0) is 11.6 Å². The van der Waals surface area contributed by atoms with Gasteiger partial charge in [0.25, 0.3) is 11.8 Å². The van der Waals surface area contributed by atoms with Crippen molar-refractivity contribution in [1.29, 1.82) is 0 Å². The molecular weight excluding hydrogens is 623 g/mol. The quantitative estimate of drug-likeness (QED) is 0.0762. The molecule has 3 atom stereocenters. The van der Waals surface area contributed by atoms with Gasteiger partial charge in [0.2, 0.25) is 11.3 Å². The maximum absolute atomic E-state index is 13.4. The highest BCUT2D eigenvalue weighted by molar-refractivity contribution is 8.01. The maximum atomic E-state index is 13.4. The average Bonchev–Trinajstić information content (AvgIpc) is 3.40. The largest absolute Gasteiger partial charge is 0.543 e. The van der Waals surface area contributed by atoms with Gasteiger partial charge in [-0.15, -0.1) is 34.9 Å². The molecule has 0 aromatic carbocycles. The zero-order valence-corrected chi connectivity index (χ0v) is 24.6. The Morgan fingerprint density at radius 2 is 2.12 bits per heavy atom. The van der Waals surface area contributed by atoms with Crippen molar-refractivity contribution >= 4 is 63.7 Å². The standard InChI is InChI=1S/C25H23N7O8S3/c1-30-4-2-3-12(6-30)41-8-11-9-42-23-18(22(37)32(23)19(11)24(38)39)29-21(36)17(13-10-43-25(26)27-13)28-20(35)14-5-15(33)16(34)7-31(14)40/h2-7,10,17-18,23,40H,8-9H2,1H3,(H5-,26,27,28,29,34,35,36,38,39)/t17?,18-,23-/m1/s1. The monoisotopic (exact) mass is 645 g/mol. The number of carbonyl (C=O) groups is 4. The summed E-state index contributed by atoms with van der Waals surface area (Å²) in [5, 5.41) is 37.2. The normalized spacial score (nSPS) is 18.4. The highest BCUT2D eigenvalue weighted by Crippen LogP contribution is 2.41. The molecule has 0 spiro atoms. The van der Waals surface area contributed by atoms with E-state index in [0.29, 0.717) is 23.6 Å². The number of aromatic nitrogens is 3. The molecule has 1 saturated heterocycles. The number of β-lactam (4-membered cyclic amide) rings is 1. The number of pyridine rings is 2. The second-order valence-corrected chi connectivity index (χ2v) is 12.4. The van der Waals surface area contributed by atoms with E-state index in [1.54, 1.807) is 0 Å². The lowest BCUT2D eigenvalue weighted by atomic mass is 10.0. The Morgan fingerprint density at radius 3 is 2.79 bits per heavy atom. The van der Waals surface area contributed by atoms with Gasteiger partial charge in [-0.25, -0.2) is 9.55 Å². The number of nitrogens with two attached hydrogens (primary N) is 1. The molecule has 3 amide bonds. The number of amides is 3. The first kappa shape index (κ1) is 29.9. The second-order valence-electron chi connectivity index (χ2n) is 9.40. The van der Waals surface area contributed by atoms with E-state index in [1.165, 1.54) is 28.9 Å². The first-order valence-corrected chi connectivity index (χ1v) is 15.3. The second kappa shape index (κ2) is 12.0. The molecule has 0 radical (unpaired) electrons. The molecule has 43 heavy (non-hydrogen) atoms. The third-order valence-electron chi connectivity index (χ3n) is 6.48. The van der Waals surface area contributed by atoms with Crippen LogP contribution in [0.25, 0.3) is 0 Å². The number of fused-ring (bicyclic) bond motifs is 1. The van der Waals surface area contributed by atoms with Crippen molar-refractivity contribution in [1.82, 2.24) is 25.2 Å². The molecule has 0 aliphatic carbocycles. The van der Waals surface area contributed by atoms with Crippen molar-refractivity contribution in [3.8, 4) is 5.75 Å². The summed E-state index contributed by atoms with van der Waals surface area (Å²) in [5.41, 5.74) is 4.45. The summed E-state index contributed by atoms with van der Waals surface area (Å²) in [4.78, 5) is 69.5. The summed E-state index contributed by atoms with van der Waals surface area (Å²) in [5.74, 6) is -4.36. The fraction of sp³-hybridized carbons (Fsp3) is 0.240. The topological polar surface area (TPSA) is 224 Å². The number of nitrogens with one attached hydrogen (secondary N) is 2. The molecule has 0 saturated carbocycles. The van der Waals surface area contributed by atoms with Crippen LogP contribution in [0, 0.1) is 0 Å². The van der Waals surface area contributed by atoms with Crippen LogP contribution in [0.15, 0.2) is 63.1 Å². The van der Waals surface area contributed by atoms with Crippen molar-refractivity contribution in [2.75, 3.05) is 17.2 Å². The number of aromatic hydroxyl groups is 1. The summed E-state index contributed by atoms with van der Waals surface area (Å²) in [6.45, 7) is 0. The number of hydrogen-bond donors (Lipinski definition) is 5. The number of carboxylic acids is 1. The number of carboxylic acid groups (broad SMARTS) is 1. The van der Waals surface area contributed by atoms with Gasteiger partial charge in [0.15, 0.2) is 29.3 Å². The van der Waals surface area contributed by atoms with Crippen molar-refractivity contribution in [3.05, 3.63) is 75.1 Å². The van der Waals surface area contributed by atoms with E-state index in [1.807, 2.05) is 36.1 Å². The highest BCUT2D eigenvalue weighted by atomic mass is 32.2. The molecule has 3 aromatic rings. The fourth-order valence-corrected chi connectivity index (χ4v) is 7.49. The number of carbonyl (C=O) groups excluding carboxylic acids is 4. The molecule has 5 rings (SSSR count). The van der Waals surface area contributed by atoms with Crippen molar-refractivity contribution in [2.24, 2.45) is 7.05 Å². The van der Waals surface area contributed by atoms with Gasteiger partial charge in [0.1, 0.15) is 24.2 Å². The molecule has 5 heterocycles. The number of aryl methyl sites for hydroxylation is 1. The molecule has 1 unspecified atom stereocenters. The summed E-state index contributed by atoms with van der Waals surface area (Å²) < 4.78 is 2.07. The SMILES string of the molecule is C[n+]1cccc(SCC2=C(C(=O)[O-])N3C(=O)[C@@H](NC(=O)C(NC(=O)c4cc(=O)c(O)cn4O)c4csc(N)n4)[C@H]3SC2)c1. The first-order chi connectivity index (χ1) is 20.4. The molecular formula is C25H23N7O8S3. The number of rotatable bonds is 9. The third-order valence-corrected chi connectivity index (χ3v) is 9.58. The summed E-state index contributed by atoms with van der Waals surface area (Å²) in [7, 11) is 1.86. The van der Waals surface area contributed by atoms with Crippen LogP contribution in [-0.4, -0.2) is 71.5 Å². The Morgan fingerprint density at radius 1 is 1.35 bits per heavy atom. The number of thiazole rings is 1. The van der Waals surface area contributed by atoms with Crippen LogP contribution in [-0.2, 0) is 21.4 Å². The zero-order chi connectivity index (χ0) is 31.0. The number of hydrogen-bond acceptors (Lipinski definition) is 13. The number of thioether (sulfide) groups is 2. The molecule has 6 N–H and O–H groups in total. The van der Waals surface area contributed by atoms with E-state index in [0.717, 1.165) is 21.1 Å². The van der Waals surface area contributed by atoms with E-state index < -0.39 is 58.0 Å². The maximum Gasteiger partial charge on any atom is 0.272 e. The van der Waals surface area contributed by atoms with Crippen LogP contribution in [0.4, 0.5) is 5.13 Å². The molecule has 0 bridgehead atoms. The number of anilines is 1. The number of nitrogens with zero attached hydrogens (tertiary/aromatic N) is 4. The van der Waals surface area contributed by atoms with Crippen LogP contribution in [0.3, 0.4) is 0 Å². The molecule has 15 nitrogen and oxygen atoms in total. The minimum absolute atomic E-state index is 0.0165. The van der Waals surface area contributed by atoms with E-state index in [-0.39, 0.29) is 27.0 Å². The van der Waals surface area contributed by atoms with E-state index in [9.17, 15) is 39.4 Å². The van der Waals surface area contributed by atoms with Crippen LogP contribution in [0.1, 0.15) is 22.2 Å². The van der Waals surface area contributed by atoms with Crippen LogP contribution in [0.2, 0.25) is 0 Å². The summed E-state index contributed by atoms with van der Waals surface area (Å²) in [6, 6.07) is 1.76. The fourth-order valence-electron chi connectivity index (χ4n) is 4.43. The van der Waals surface area contributed by atoms with Crippen molar-refractivity contribution in [3.63, 3.8) is 0 Å². The van der Waals surface area contributed by atoms with E-state index in [2.05, 4.69) is 15.6 Å². The Kier molecular flexibility index (Phi) is 8.34. The van der Waals surface area contributed by atoms with Crippen LogP contribution in [0.5, 0.6) is 5.75 Å². The highest BCUT2D eigenvalue weighted by Gasteiger charge is 2.53. The van der Waals surface area contributed by atoms with Gasteiger partial charge in [-0.1, -0.05) is 0 Å². The Hall–Kier alpha value is -4.55. The summed E-state index contributed by atoms with van der Waals surface area (Å²) >= 11 is 3.66. The van der Waals surface area contributed by atoms with Crippen LogP contribution < -0.4 is 31.5 Å². The third kappa shape index (κ3) is 6.02. The first-order valence-electron chi connectivity index (χ1n) is 12.4. The van der Waals surface area contributed by atoms with Gasteiger partial charge in [-0.2, -0.15) is 4.73 Å². The lowest BCUT2D eigenvalue weighted by molar-refractivity contribution is -0.673. The summed E-state index contributed by atoms with van der Waals surface area (Å²) in [6.07, 6.45) is 4.36. The molecule has 2 aliphatic heterocycles. The van der Waals surface area contributed by atoms with Gasteiger partial charge in [0.05, 0.1) is 28.5 Å². The zero-order valence-electron chi connectivity index (χ0n) is 22.1. The van der Waals surface area contributed by atoms with Crippen molar-refractivity contribution < 1.29 is 39.2 Å². The van der Waals surface area contributed by atoms with Gasteiger partial charge >= 0.3 is 0 Å².